The van der Waals surface area contributed by atoms with Gasteiger partial charge < -0.3 is 9.64 Å². The van der Waals surface area contributed by atoms with Crippen LogP contribution in [0.25, 0.3) is 0 Å². The summed E-state index contributed by atoms with van der Waals surface area (Å²) >= 11 is 0. The first-order chi connectivity index (χ1) is 13.3. The molecule has 0 aromatic heterocycles. The van der Waals surface area contributed by atoms with Crippen LogP contribution in [0, 0.1) is 17.5 Å². The molecule has 0 N–H and O–H groups in total. The van der Waals surface area contributed by atoms with Gasteiger partial charge in [0.15, 0.2) is 17.4 Å². The molecule has 148 valence electrons. The zero-order chi connectivity index (χ0) is 20.8. The van der Waals surface area contributed by atoms with E-state index >= 15 is 0 Å². The fourth-order valence-electron chi connectivity index (χ4n) is 2.65. The van der Waals surface area contributed by atoms with Crippen molar-refractivity contribution >= 4 is 23.3 Å². The van der Waals surface area contributed by atoms with E-state index in [4.69, 9.17) is 0 Å². The molecule has 0 heterocycles. The number of Topliss-reactive ketones (excluding diaryl/α,β-unsaturated/α-hetero) is 1. The van der Waals surface area contributed by atoms with E-state index in [2.05, 4.69) is 4.74 Å². The number of carbonyl (C=O) groups is 3. The van der Waals surface area contributed by atoms with Gasteiger partial charge in [0.05, 0.1) is 24.4 Å². The van der Waals surface area contributed by atoms with Crippen LogP contribution >= 0.6 is 0 Å². The first kappa shape index (κ1) is 21.1. The molecule has 5 nitrogen and oxygen atoms in total. The van der Waals surface area contributed by atoms with Crippen molar-refractivity contribution in [2.75, 3.05) is 11.5 Å². The summed E-state index contributed by atoms with van der Waals surface area (Å²) < 4.78 is 47.5. The van der Waals surface area contributed by atoms with Gasteiger partial charge in [-0.2, -0.15) is 0 Å². The molecule has 0 saturated carbocycles. The SMILES string of the molecule is CCOC(=O)CC(=O)c1c(F)cc(F)c(F)c1N(Cc1ccccc1)C(C)=O. The van der Waals surface area contributed by atoms with Gasteiger partial charge in [-0.25, -0.2) is 13.2 Å². The summed E-state index contributed by atoms with van der Waals surface area (Å²) in [5.74, 6) is -7.29. The van der Waals surface area contributed by atoms with Crippen molar-refractivity contribution in [3.63, 3.8) is 0 Å². The van der Waals surface area contributed by atoms with Crippen molar-refractivity contribution in [2.24, 2.45) is 0 Å². The van der Waals surface area contributed by atoms with Crippen molar-refractivity contribution in [1.29, 1.82) is 0 Å². The number of ether oxygens (including phenoxy) is 1. The molecule has 0 atom stereocenters. The molecule has 1 amide bonds. The number of ketones is 1. The molecule has 2 rings (SSSR count). The zero-order valence-corrected chi connectivity index (χ0v) is 15.3. The van der Waals surface area contributed by atoms with E-state index in [1.807, 2.05) is 0 Å². The predicted octanol–water partition coefficient (Wildman–Crippen LogP) is 3.79. The van der Waals surface area contributed by atoms with E-state index in [-0.39, 0.29) is 19.2 Å². The van der Waals surface area contributed by atoms with Crippen molar-refractivity contribution in [2.45, 2.75) is 26.8 Å². The smallest absolute Gasteiger partial charge is 0.313 e. The molecule has 28 heavy (non-hydrogen) atoms. The Morgan fingerprint density at radius 2 is 1.68 bits per heavy atom. The number of hydrogen-bond acceptors (Lipinski definition) is 4. The molecule has 0 aliphatic heterocycles. The molecule has 0 aliphatic rings. The van der Waals surface area contributed by atoms with Crippen LogP contribution in [-0.4, -0.2) is 24.3 Å². The maximum absolute atomic E-state index is 14.6. The van der Waals surface area contributed by atoms with E-state index in [0.29, 0.717) is 5.56 Å². The van der Waals surface area contributed by atoms with Crippen LogP contribution in [0.3, 0.4) is 0 Å². The molecule has 0 saturated heterocycles. The molecule has 0 bridgehead atoms. The number of anilines is 1. The fraction of sp³-hybridized carbons (Fsp3) is 0.250. The molecular weight excluding hydrogens is 375 g/mol. The first-order valence-electron chi connectivity index (χ1n) is 8.44. The van der Waals surface area contributed by atoms with Crippen molar-refractivity contribution in [3.05, 3.63) is 65.0 Å². The Kier molecular flexibility index (Phi) is 6.92. The number of nitrogens with zero attached hydrogens (tertiary/aromatic N) is 1. The Morgan fingerprint density at radius 1 is 1.04 bits per heavy atom. The summed E-state index contributed by atoms with van der Waals surface area (Å²) in [4.78, 5) is 36.9. The Bertz CT molecular complexity index is 900. The minimum atomic E-state index is -1.56. The van der Waals surface area contributed by atoms with E-state index in [1.54, 1.807) is 30.3 Å². The van der Waals surface area contributed by atoms with Crippen LogP contribution in [-0.2, 0) is 20.9 Å². The first-order valence-corrected chi connectivity index (χ1v) is 8.44. The summed E-state index contributed by atoms with van der Waals surface area (Å²) in [7, 11) is 0. The van der Waals surface area contributed by atoms with Gasteiger partial charge in [0, 0.05) is 13.0 Å². The van der Waals surface area contributed by atoms with E-state index < -0.39 is 52.8 Å². The number of halogens is 3. The number of hydrogen-bond donors (Lipinski definition) is 0. The topological polar surface area (TPSA) is 63.7 Å². The molecule has 0 unspecified atom stereocenters. The minimum absolute atomic E-state index is 0.00713. The maximum atomic E-state index is 14.6. The van der Waals surface area contributed by atoms with Crippen LogP contribution in [0.1, 0.15) is 36.2 Å². The van der Waals surface area contributed by atoms with E-state index in [1.165, 1.54) is 6.92 Å². The van der Waals surface area contributed by atoms with Crippen molar-refractivity contribution in [1.82, 2.24) is 0 Å². The highest BCUT2D eigenvalue weighted by molar-refractivity contribution is 6.11. The summed E-state index contributed by atoms with van der Waals surface area (Å²) in [6, 6.07) is 8.52. The van der Waals surface area contributed by atoms with Gasteiger partial charge in [-0.1, -0.05) is 30.3 Å². The molecule has 2 aromatic carbocycles. The normalized spacial score (nSPS) is 10.5. The van der Waals surface area contributed by atoms with E-state index in [9.17, 15) is 27.6 Å². The van der Waals surface area contributed by atoms with Crippen molar-refractivity contribution < 1.29 is 32.3 Å². The number of carbonyl (C=O) groups excluding carboxylic acids is 3. The largest absolute Gasteiger partial charge is 0.466 e. The van der Waals surface area contributed by atoms with Gasteiger partial charge in [-0.3, -0.25) is 14.4 Å². The number of amides is 1. The molecule has 0 fully saturated rings. The third-order valence-electron chi connectivity index (χ3n) is 3.87. The second-order valence-electron chi connectivity index (χ2n) is 5.87. The van der Waals surface area contributed by atoms with Gasteiger partial charge in [0.25, 0.3) is 0 Å². The highest BCUT2D eigenvalue weighted by Crippen LogP contribution is 2.32. The Balaban J connectivity index is 2.57. The third kappa shape index (κ3) is 4.76. The van der Waals surface area contributed by atoms with E-state index in [0.717, 1.165) is 11.8 Å². The Hall–Kier alpha value is -3.16. The van der Waals surface area contributed by atoms with Gasteiger partial charge >= 0.3 is 5.97 Å². The number of benzene rings is 2. The number of esters is 1. The molecule has 0 radical (unpaired) electrons. The van der Waals surface area contributed by atoms with Crippen LogP contribution in [0.5, 0.6) is 0 Å². The molecule has 0 spiro atoms. The van der Waals surface area contributed by atoms with Crippen LogP contribution in [0.4, 0.5) is 18.9 Å². The van der Waals surface area contributed by atoms with Gasteiger partial charge in [-0.15, -0.1) is 0 Å². The zero-order valence-electron chi connectivity index (χ0n) is 15.3. The predicted molar refractivity (Wildman–Crippen MR) is 95.2 cm³/mol. The lowest BCUT2D eigenvalue weighted by Gasteiger charge is -2.25. The Morgan fingerprint density at radius 3 is 2.25 bits per heavy atom. The van der Waals surface area contributed by atoms with Crippen LogP contribution in [0.15, 0.2) is 36.4 Å². The quantitative estimate of drug-likeness (QED) is 0.311. The van der Waals surface area contributed by atoms with Crippen LogP contribution < -0.4 is 4.90 Å². The average Bonchev–Trinajstić information content (AvgIpc) is 2.63. The van der Waals surface area contributed by atoms with Crippen molar-refractivity contribution in [3.8, 4) is 0 Å². The lowest BCUT2D eigenvalue weighted by molar-refractivity contribution is -0.142. The average molecular weight is 393 g/mol. The van der Waals surface area contributed by atoms with Gasteiger partial charge in [0.1, 0.15) is 12.2 Å². The second kappa shape index (κ2) is 9.16. The second-order valence-corrected chi connectivity index (χ2v) is 5.87. The molecule has 2 aromatic rings. The third-order valence-corrected chi connectivity index (χ3v) is 3.87. The molecular formula is C20H18F3NO4. The summed E-state index contributed by atoms with van der Waals surface area (Å²) in [6.45, 7) is 2.36. The summed E-state index contributed by atoms with van der Waals surface area (Å²) in [6.07, 6.45) is -0.875. The summed E-state index contributed by atoms with van der Waals surface area (Å²) in [5, 5.41) is 0. The standard InChI is InChI=1S/C20H18F3NO4/c1-3-28-17(27)10-16(26)18-14(21)9-15(22)19(23)20(18)24(12(2)25)11-13-7-5-4-6-8-13/h4-9H,3,10-11H2,1-2H3. The number of rotatable bonds is 7. The van der Waals surface area contributed by atoms with Gasteiger partial charge in [-0.05, 0) is 12.5 Å². The monoisotopic (exact) mass is 393 g/mol. The van der Waals surface area contributed by atoms with Crippen LogP contribution in [0.2, 0.25) is 0 Å². The van der Waals surface area contributed by atoms with Gasteiger partial charge in [0.2, 0.25) is 5.91 Å². The molecule has 8 heteroatoms. The lowest BCUT2D eigenvalue weighted by Crippen LogP contribution is -2.31. The lowest BCUT2D eigenvalue weighted by atomic mass is 10.0. The molecule has 0 aliphatic carbocycles. The highest BCUT2D eigenvalue weighted by atomic mass is 19.2. The minimum Gasteiger partial charge on any atom is -0.466 e. The highest BCUT2D eigenvalue weighted by Gasteiger charge is 2.30. The summed E-state index contributed by atoms with van der Waals surface area (Å²) in [5.41, 5.74) is -1.17. The fourth-order valence-corrected chi connectivity index (χ4v) is 2.65. The maximum Gasteiger partial charge on any atom is 0.313 e. The Labute approximate surface area is 159 Å².